The molecule has 28 heavy (non-hydrogen) atoms. The van der Waals surface area contributed by atoms with Gasteiger partial charge in [0.05, 0.1) is 18.9 Å². The molecule has 1 aliphatic rings. The second kappa shape index (κ2) is 8.23. The molecule has 1 saturated heterocycles. The van der Waals surface area contributed by atoms with Crippen LogP contribution >= 0.6 is 0 Å². The molecule has 4 rings (SSSR count). The molecule has 0 bridgehead atoms. The van der Waals surface area contributed by atoms with Crippen molar-refractivity contribution in [1.29, 1.82) is 0 Å². The Balaban J connectivity index is 1.47. The number of H-pyrrole nitrogens is 1. The molecule has 0 radical (unpaired) electrons. The molecule has 5 heteroatoms. The number of anilines is 1. The third-order valence-corrected chi connectivity index (χ3v) is 4.90. The normalized spacial score (nSPS) is 14.5. The van der Waals surface area contributed by atoms with Gasteiger partial charge in [-0.3, -0.25) is 9.78 Å². The number of nitrogens with zero attached hydrogens (tertiary/aromatic N) is 2. The van der Waals surface area contributed by atoms with Crippen LogP contribution < -0.4 is 4.90 Å². The molecule has 2 aromatic heterocycles. The Hall–Kier alpha value is -3.18. The first kappa shape index (κ1) is 18.2. The summed E-state index contributed by atoms with van der Waals surface area (Å²) >= 11 is 0. The first-order valence-electron chi connectivity index (χ1n) is 9.46. The van der Waals surface area contributed by atoms with Crippen LogP contribution in [0.25, 0.3) is 23.4 Å². The van der Waals surface area contributed by atoms with E-state index in [9.17, 15) is 4.79 Å². The number of pyridine rings is 1. The molecule has 1 aliphatic heterocycles. The quantitative estimate of drug-likeness (QED) is 0.678. The van der Waals surface area contributed by atoms with Crippen molar-refractivity contribution in [2.75, 3.05) is 31.2 Å². The summed E-state index contributed by atoms with van der Waals surface area (Å²) in [5.41, 5.74) is 5.83. The van der Waals surface area contributed by atoms with Gasteiger partial charge in [-0.2, -0.15) is 0 Å². The van der Waals surface area contributed by atoms with Crippen LogP contribution in [0, 0.1) is 0 Å². The van der Waals surface area contributed by atoms with E-state index in [4.69, 9.17) is 4.74 Å². The van der Waals surface area contributed by atoms with Crippen LogP contribution in [-0.2, 0) is 4.74 Å². The molecular weight excluding hydrogens is 350 g/mol. The van der Waals surface area contributed by atoms with E-state index in [0.29, 0.717) is 5.56 Å². The summed E-state index contributed by atoms with van der Waals surface area (Å²) < 4.78 is 5.41. The Kier molecular flexibility index (Phi) is 5.35. The van der Waals surface area contributed by atoms with Crippen LogP contribution in [0.5, 0.6) is 0 Å². The zero-order chi connectivity index (χ0) is 19.3. The van der Waals surface area contributed by atoms with E-state index >= 15 is 0 Å². The number of aromatic amines is 1. The van der Waals surface area contributed by atoms with Crippen molar-refractivity contribution in [2.24, 2.45) is 0 Å². The molecule has 3 aromatic rings. The average Bonchev–Trinajstić information content (AvgIpc) is 3.24. The van der Waals surface area contributed by atoms with E-state index in [1.165, 1.54) is 5.69 Å². The van der Waals surface area contributed by atoms with Gasteiger partial charge in [0.15, 0.2) is 5.78 Å². The van der Waals surface area contributed by atoms with Crippen LogP contribution in [0.3, 0.4) is 0 Å². The highest BCUT2D eigenvalue weighted by atomic mass is 16.5. The molecule has 0 aliphatic carbocycles. The largest absolute Gasteiger partial charge is 0.378 e. The highest BCUT2D eigenvalue weighted by Gasteiger charge is 2.10. The van der Waals surface area contributed by atoms with Gasteiger partial charge in [0.25, 0.3) is 0 Å². The predicted molar refractivity (Wildman–Crippen MR) is 112 cm³/mol. The summed E-state index contributed by atoms with van der Waals surface area (Å²) in [6, 6.07) is 14.4. The maximum Gasteiger partial charge on any atom is 0.161 e. The molecule has 0 unspecified atom stereocenters. The fourth-order valence-corrected chi connectivity index (χ4v) is 3.27. The Morgan fingerprint density at radius 3 is 2.61 bits per heavy atom. The predicted octanol–water partition coefficient (Wildman–Crippen LogP) is 4.29. The van der Waals surface area contributed by atoms with Crippen LogP contribution in [0.1, 0.15) is 28.5 Å². The van der Waals surface area contributed by atoms with Gasteiger partial charge in [-0.05, 0) is 48.9 Å². The van der Waals surface area contributed by atoms with Gasteiger partial charge in [-0.15, -0.1) is 0 Å². The number of ether oxygens (including phenoxy) is 1. The number of aromatic nitrogens is 2. The Morgan fingerprint density at radius 2 is 1.89 bits per heavy atom. The molecular formula is C23H23N3O2. The van der Waals surface area contributed by atoms with Crippen molar-refractivity contribution >= 4 is 23.6 Å². The average molecular weight is 373 g/mol. The summed E-state index contributed by atoms with van der Waals surface area (Å²) in [4.78, 5) is 21.4. The van der Waals surface area contributed by atoms with Gasteiger partial charge in [-0.1, -0.05) is 18.2 Å². The minimum atomic E-state index is 0.0530. The minimum absolute atomic E-state index is 0.0530. The lowest BCUT2D eigenvalue weighted by Crippen LogP contribution is -2.36. The molecule has 1 aromatic carbocycles. The van der Waals surface area contributed by atoms with Crippen molar-refractivity contribution in [3.63, 3.8) is 0 Å². The molecule has 0 saturated carbocycles. The summed E-state index contributed by atoms with van der Waals surface area (Å²) in [6.07, 6.45) is 7.58. The van der Waals surface area contributed by atoms with Crippen molar-refractivity contribution in [1.82, 2.24) is 9.97 Å². The van der Waals surface area contributed by atoms with Gasteiger partial charge >= 0.3 is 0 Å². The second-order valence-corrected chi connectivity index (χ2v) is 6.85. The van der Waals surface area contributed by atoms with Gasteiger partial charge in [-0.25, -0.2) is 0 Å². The smallest absolute Gasteiger partial charge is 0.161 e. The third kappa shape index (κ3) is 4.21. The lowest BCUT2D eigenvalue weighted by molar-refractivity contribution is 0.101. The highest BCUT2D eigenvalue weighted by Crippen LogP contribution is 2.21. The van der Waals surface area contributed by atoms with Crippen molar-refractivity contribution in [2.45, 2.75) is 6.92 Å². The van der Waals surface area contributed by atoms with Gasteiger partial charge < -0.3 is 14.6 Å². The number of rotatable bonds is 5. The lowest BCUT2D eigenvalue weighted by atomic mass is 10.1. The molecule has 3 heterocycles. The number of ketones is 1. The van der Waals surface area contributed by atoms with E-state index in [1.54, 1.807) is 19.3 Å². The number of carbonyl (C=O) groups excluding carboxylic acids is 1. The van der Waals surface area contributed by atoms with E-state index in [2.05, 4.69) is 45.2 Å². The topological polar surface area (TPSA) is 58.2 Å². The van der Waals surface area contributed by atoms with Gasteiger partial charge in [0.1, 0.15) is 0 Å². The summed E-state index contributed by atoms with van der Waals surface area (Å²) in [5.74, 6) is 0.0530. The molecule has 1 N–H and O–H groups in total. The van der Waals surface area contributed by atoms with E-state index in [1.807, 2.05) is 24.3 Å². The van der Waals surface area contributed by atoms with Crippen molar-refractivity contribution in [3.8, 4) is 11.3 Å². The van der Waals surface area contributed by atoms with E-state index < -0.39 is 0 Å². The van der Waals surface area contributed by atoms with Crippen LogP contribution in [0.15, 0.2) is 54.9 Å². The van der Waals surface area contributed by atoms with Crippen LogP contribution in [0.2, 0.25) is 0 Å². The maximum atomic E-state index is 11.5. The SMILES string of the molecule is CC(=O)c1c[nH]c(-c2ccnc(/C=C/c3ccc(N4CCOCC4)cc3)c2)c1. The highest BCUT2D eigenvalue weighted by molar-refractivity contribution is 5.95. The first-order valence-corrected chi connectivity index (χ1v) is 9.46. The third-order valence-electron chi connectivity index (χ3n) is 4.90. The molecule has 0 spiro atoms. The Labute approximate surface area is 164 Å². The summed E-state index contributed by atoms with van der Waals surface area (Å²) in [5, 5.41) is 0. The number of hydrogen-bond acceptors (Lipinski definition) is 4. The van der Waals surface area contributed by atoms with Crippen LogP contribution in [0.4, 0.5) is 5.69 Å². The molecule has 142 valence electrons. The fourth-order valence-electron chi connectivity index (χ4n) is 3.27. The summed E-state index contributed by atoms with van der Waals surface area (Å²) in [6.45, 7) is 5.03. The number of benzene rings is 1. The number of carbonyl (C=O) groups is 1. The van der Waals surface area contributed by atoms with E-state index in [0.717, 1.165) is 48.8 Å². The van der Waals surface area contributed by atoms with Crippen molar-refractivity contribution < 1.29 is 9.53 Å². The summed E-state index contributed by atoms with van der Waals surface area (Å²) in [7, 11) is 0. The fraction of sp³-hybridized carbons (Fsp3) is 0.217. The Bertz CT molecular complexity index is 983. The number of nitrogens with one attached hydrogen (secondary N) is 1. The first-order chi connectivity index (χ1) is 13.7. The number of hydrogen-bond donors (Lipinski definition) is 1. The van der Waals surface area contributed by atoms with Gasteiger partial charge in [0.2, 0.25) is 0 Å². The second-order valence-electron chi connectivity index (χ2n) is 6.85. The standard InChI is InChI=1S/C23H23N3O2/c1-17(27)20-15-23(25-16-20)19-8-9-24-21(14-19)5-2-18-3-6-22(7-4-18)26-10-12-28-13-11-26/h2-9,14-16,25H,10-13H2,1H3/b5-2+. The zero-order valence-corrected chi connectivity index (χ0v) is 15.9. The molecule has 5 nitrogen and oxygen atoms in total. The molecule has 1 fully saturated rings. The van der Waals surface area contributed by atoms with Gasteiger partial charge in [0, 0.05) is 48.0 Å². The lowest BCUT2D eigenvalue weighted by Gasteiger charge is -2.28. The Morgan fingerprint density at radius 1 is 1.11 bits per heavy atom. The number of morpholine rings is 1. The maximum absolute atomic E-state index is 11.5. The zero-order valence-electron chi connectivity index (χ0n) is 15.9. The molecule has 0 atom stereocenters. The minimum Gasteiger partial charge on any atom is -0.378 e. The van der Waals surface area contributed by atoms with Crippen molar-refractivity contribution in [3.05, 3.63) is 71.7 Å². The van der Waals surface area contributed by atoms with Crippen LogP contribution in [-0.4, -0.2) is 42.1 Å². The number of Topliss-reactive ketones (excluding diaryl/α,β-unsaturated/α-hetero) is 1. The molecule has 0 amide bonds. The van der Waals surface area contributed by atoms with E-state index in [-0.39, 0.29) is 5.78 Å². The monoisotopic (exact) mass is 373 g/mol.